The Hall–Kier alpha value is -0.740. The lowest BCUT2D eigenvalue weighted by molar-refractivity contribution is 0.328. The molecule has 20 heavy (non-hydrogen) atoms. The fourth-order valence-corrected chi connectivity index (χ4v) is 3.47. The number of thioether (sulfide) groups is 1. The molecule has 0 fully saturated rings. The van der Waals surface area contributed by atoms with Crippen molar-refractivity contribution in [2.24, 2.45) is 0 Å². The summed E-state index contributed by atoms with van der Waals surface area (Å²) in [5.41, 5.74) is 2.94. The molecule has 0 heterocycles. The van der Waals surface area contributed by atoms with Gasteiger partial charge >= 0.3 is 0 Å². The molecule has 1 atom stereocenters. The first-order chi connectivity index (χ1) is 9.74. The molecule has 110 valence electrons. The summed E-state index contributed by atoms with van der Waals surface area (Å²) >= 11 is 7.43. The molecule has 1 aromatic carbocycles. The topological polar surface area (TPSA) is 15.3 Å². The summed E-state index contributed by atoms with van der Waals surface area (Å²) < 4.78 is 0. The van der Waals surface area contributed by atoms with Crippen LogP contribution in [0.1, 0.15) is 36.4 Å². The molecule has 0 unspecified atom stereocenters. The first-order valence-corrected chi connectivity index (χ1v) is 9.11. The number of rotatable bonds is 5. The predicted molar refractivity (Wildman–Crippen MR) is 93.5 cm³/mol. The van der Waals surface area contributed by atoms with Gasteiger partial charge in [-0.2, -0.15) is 11.8 Å². The van der Waals surface area contributed by atoms with Crippen molar-refractivity contribution in [1.82, 2.24) is 10.2 Å². The molecule has 1 N–H and O–H groups in total. The lowest BCUT2D eigenvalue weighted by Crippen LogP contribution is -2.40. The summed E-state index contributed by atoms with van der Waals surface area (Å²) in [6.45, 7) is 0.971. The van der Waals surface area contributed by atoms with E-state index in [2.05, 4.69) is 47.8 Å². The average Bonchev–Trinajstić information content (AvgIpc) is 2.50. The van der Waals surface area contributed by atoms with Crippen molar-refractivity contribution in [3.63, 3.8) is 0 Å². The molecule has 0 aliphatic heterocycles. The van der Waals surface area contributed by atoms with Crippen LogP contribution in [-0.2, 0) is 6.42 Å². The third-order valence-corrected chi connectivity index (χ3v) is 5.06. The number of nitrogens with one attached hydrogen (secondary N) is 1. The van der Waals surface area contributed by atoms with Crippen LogP contribution in [0.4, 0.5) is 0 Å². The van der Waals surface area contributed by atoms with Crippen LogP contribution in [0.5, 0.6) is 0 Å². The van der Waals surface area contributed by atoms with E-state index in [0.29, 0.717) is 6.04 Å². The largest absolute Gasteiger partial charge is 0.363 e. The Morgan fingerprint density at radius 1 is 1.45 bits per heavy atom. The number of hydrogen-bond acceptors (Lipinski definition) is 2. The predicted octanol–water partition coefficient (Wildman–Crippen LogP) is 3.62. The maximum atomic E-state index is 5.54. The van der Waals surface area contributed by atoms with Crippen LogP contribution in [0, 0.1) is 0 Å². The van der Waals surface area contributed by atoms with Crippen LogP contribution in [0.2, 0.25) is 0 Å². The van der Waals surface area contributed by atoms with E-state index in [4.69, 9.17) is 12.2 Å². The first-order valence-electron chi connectivity index (χ1n) is 7.31. The monoisotopic (exact) mass is 308 g/mol. The highest BCUT2D eigenvalue weighted by atomic mass is 32.2. The van der Waals surface area contributed by atoms with E-state index in [0.717, 1.165) is 18.1 Å². The van der Waals surface area contributed by atoms with Gasteiger partial charge in [-0.25, -0.2) is 0 Å². The Labute approximate surface area is 132 Å². The van der Waals surface area contributed by atoms with Crippen LogP contribution >= 0.6 is 24.0 Å². The lowest BCUT2D eigenvalue weighted by Gasteiger charge is -2.35. The third kappa shape index (κ3) is 3.89. The van der Waals surface area contributed by atoms with Crippen LogP contribution < -0.4 is 5.32 Å². The highest BCUT2D eigenvalue weighted by molar-refractivity contribution is 7.98. The third-order valence-electron chi connectivity index (χ3n) is 3.93. The summed E-state index contributed by atoms with van der Waals surface area (Å²) in [4.78, 5) is 2.24. The van der Waals surface area contributed by atoms with E-state index in [1.165, 1.54) is 36.1 Å². The Bertz CT molecular complexity index is 448. The van der Waals surface area contributed by atoms with Gasteiger partial charge in [0, 0.05) is 13.6 Å². The van der Waals surface area contributed by atoms with E-state index in [9.17, 15) is 0 Å². The van der Waals surface area contributed by atoms with E-state index < -0.39 is 0 Å². The zero-order valence-electron chi connectivity index (χ0n) is 12.4. The zero-order valence-corrected chi connectivity index (χ0v) is 14.0. The molecule has 0 amide bonds. The molecule has 1 aliphatic rings. The molecule has 0 spiro atoms. The molecular weight excluding hydrogens is 284 g/mol. The fraction of sp³-hybridized carbons (Fsp3) is 0.562. The normalized spacial score (nSPS) is 17.4. The van der Waals surface area contributed by atoms with Gasteiger partial charge in [-0.3, -0.25) is 0 Å². The molecule has 1 aromatic rings. The van der Waals surface area contributed by atoms with Gasteiger partial charge in [0.2, 0.25) is 0 Å². The average molecular weight is 309 g/mol. The molecule has 0 radical (unpaired) electrons. The maximum Gasteiger partial charge on any atom is 0.169 e. The lowest BCUT2D eigenvalue weighted by atomic mass is 9.87. The summed E-state index contributed by atoms with van der Waals surface area (Å²) in [6.07, 6.45) is 6.95. The molecule has 1 aliphatic carbocycles. The van der Waals surface area contributed by atoms with Gasteiger partial charge in [0.15, 0.2) is 5.11 Å². The molecule has 2 rings (SSSR count). The minimum Gasteiger partial charge on any atom is -0.363 e. The summed E-state index contributed by atoms with van der Waals surface area (Å²) in [6, 6.07) is 9.22. The fourth-order valence-electron chi connectivity index (χ4n) is 2.81. The minimum absolute atomic E-state index is 0.431. The van der Waals surface area contributed by atoms with E-state index >= 15 is 0 Å². The molecule has 0 saturated heterocycles. The van der Waals surface area contributed by atoms with Crippen LogP contribution in [-0.4, -0.2) is 35.6 Å². The van der Waals surface area contributed by atoms with Gasteiger partial charge in [-0.15, -0.1) is 0 Å². The number of thiocarbonyl (C=S) groups is 1. The van der Waals surface area contributed by atoms with Crippen LogP contribution in [0.3, 0.4) is 0 Å². The highest BCUT2D eigenvalue weighted by Crippen LogP contribution is 2.33. The quantitative estimate of drug-likeness (QED) is 0.660. The van der Waals surface area contributed by atoms with E-state index in [1.54, 1.807) is 0 Å². The zero-order chi connectivity index (χ0) is 14.4. The number of nitrogens with zero attached hydrogens (tertiary/aromatic N) is 1. The molecule has 0 aromatic heterocycles. The smallest absolute Gasteiger partial charge is 0.169 e. The molecule has 2 nitrogen and oxygen atoms in total. The molecule has 0 bridgehead atoms. The second-order valence-electron chi connectivity index (χ2n) is 5.30. The Morgan fingerprint density at radius 2 is 2.25 bits per heavy atom. The van der Waals surface area contributed by atoms with Gasteiger partial charge in [0.1, 0.15) is 0 Å². The van der Waals surface area contributed by atoms with Crippen LogP contribution in [0.15, 0.2) is 24.3 Å². The number of hydrogen-bond donors (Lipinski definition) is 1. The van der Waals surface area contributed by atoms with Crippen molar-refractivity contribution in [2.75, 3.05) is 25.6 Å². The summed E-state index contributed by atoms with van der Waals surface area (Å²) in [5.74, 6) is 1.19. The SMILES string of the molecule is CSCCCNC(=S)N(C)[C@@H]1CCCc2ccccc21. The van der Waals surface area contributed by atoms with E-state index in [-0.39, 0.29) is 0 Å². The summed E-state index contributed by atoms with van der Waals surface area (Å²) in [7, 11) is 2.12. The number of aryl methyl sites for hydroxylation is 1. The standard InChI is InChI=1S/C16H24N2S2/c1-18(16(19)17-11-6-12-20-2)15-10-5-8-13-7-3-4-9-14(13)15/h3-4,7,9,15H,5-6,8,10-12H2,1-2H3,(H,17,19)/t15-/m1/s1. The van der Waals surface area contributed by atoms with Crippen LogP contribution in [0.25, 0.3) is 0 Å². The number of fused-ring (bicyclic) bond motifs is 1. The van der Waals surface area contributed by atoms with Gasteiger partial charge in [-0.05, 0) is 61.0 Å². The van der Waals surface area contributed by atoms with Crippen molar-refractivity contribution >= 4 is 29.1 Å². The Morgan fingerprint density at radius 3 is 3.05 bits per heavy atom. The minimum atomic E-state index is 0.431. The first kappa shape index (κ1) is 15.6. The summed E-state index contributed by atoms with van der Waals surface area (Å²) in [5, 5.41) is 4.27. The van der Waals surface area contributed by atoms with Crippen molar-refractivity contribution < 1.29 is 0 Å². The highest BCUT2D eigenvalue weighted by Gasteiger charge is 2.24. The van der Waals surface area contributed by atoms with Gasteiger partial charge in [-0.1, -0.05) is 24.3 Å². The molecule has 0 saturated carbocycles. The van der Waals surface area contributed by atoms with Crippen molar-refractivity contribution in [1.29, 1.82) is 0 Å². The van der Waals surface area contributed by atoms with Gasteiger partial charge < -0.3 is 10.2 Å². The molecule has 4 heteroatoms. The number of benzene rings is 1. The Kier molecular flexibility index (Phi) is 6.17. The Balaban J connectivity index is 1.96. The van der Waals surface area contributed by atoms with Gasteiger partial charge in [0.25, 0.3) is 0 Å². The van der Waals surface area contributed by atoms with Gasteiger partial charge in [0.05, 0.1) is 6.04 Å². The molecular formula is C16H24N2S2. The second kappa shape index (κ2) is 7.89. The van der Waals surface area contributed by atoms with Crippen molar-refractivity contribution in [3.05, 3.63) is 35.4 Å². The van der Waals surface area contributed by atoms with Crippen molar-refractivity contribution in [3.8, 4) is 0 Å². The maximum absolute atomic E-state index is 5.54. The second-order valence-corrected chi connectivity index (χ2v) is 6.67. The van der Waals surface area contributed by atoms with Crippen molar-refractivity contribution in [2.45, 2.75) is 31.7 Å². The van der Waals surface area contributed by atoms with E-state index in [1.807, 2.05) is 11.8 Å².